The van der Waals surface area contributed by atoms with E-state index in [2.05, 4.69) is 30.7 Å². The van der Waals surface area contributed by atoms with Crippen LogP contribution in [0.4, 0.5) is 0 Å². The molecule has 1 aliphatic rings. The maximum Gasteiger partial charge on any atom is 0.305 e. The van der Waals surface area contributed by atoms with Gasteiger partial charge in [-0.15, -0.1) is 0 Å². The largest absolute Gasteiger partial charge is 0.481 e. The van der Waals surface area contributed by atoms with Crippen LogP contribution in [-0.2, 0) is 4.79 Å². The fourth-order valence-electron chi connectivity index (χ4n) is 2.82. The highest BCUT2D eigenvalue weighted by molar-refractivity contribution is 5.68. The van der Waals surface area contributed by atoms with E-state index in [1.807, 2.05) is 0 Å². The van der Waals surface area contributed by atoms with E-state index in [-0.39, 0.29) is 12.0 Å². The number of carbonyl (C=O) groups is 1. The molecule has 0 bridgehead atoms. The lowest BCUT2D eigenvalue weighted by Gasteiger charge is -2.47. The molecule has 0 atom stereocenters. The van der Waals surface area contributed by atoms with E-state index in [4.69, 9.17) is 5.11 Å². The molecule has 0 unspecified atom stereocenters. The minimum atomic E-state index is -0.670. The van der Waals surface area contributed by atoms with Crippen molar-refractivity contribution in [3.05, 3.63) is 0 Å². The summed E-state index contributed by atoms with van der Waals surface area (Å²) in [5.41, 5.74) is -0.109. The third-order valence-corrected chi connectivity index (χ3v) is 3.83. The van der Waals surface area contributed by atoms with E-state index in [0.29, 0.717) is 0 Å². The fraction of sp³-hybridized carbons (Fsp3) is 0.917. The number of nitrogens with zero attached hydrogens (tertiary/aromatic N) is 2. The predicted octanol–water partition coefficient (Wildman–Crippen LogP) is 1.27. The van der Waals surface area contributed by atoms with Crippen LogP contribution in [0.3, 0.4) is 0 Å². The number of hydrogen-bond donors (Lipinski definition) is 1. The number of carboxylic acids is 1. The number of hydrogen-bond acceptors (Lipinski definition) is 3. The lowest BCUT2D eigenvalue weighted by atomic mass is 9.82. The molecule has 4 nitrogen and oxygen atoms in total. The zero-order valence-corrected chi connectivity index (χ0v) is 10.7. The summed E-state index contributed by atoms with van der Waals surface area (Å²) < 4.78 is 0. The molecule has 1 fully saturated rings. The highest BCUT2D eigenvalue weighted by Crippen LogP contribution is 2.31. The van der Waals surface area contributed by atoms with Crippen molar-refractivity contribution in [3.8, 4) is 0 Å². The molecule has 4 heteroatoms. The number of carboxylic acid groups (broad SMARTS) is 1. The van der Waals surface area contributed by atoms with E-state index >= 15 is 0 Å². The van der Waals surface area contributed by atoms with Gasteiger partial charge in [0.15, 0.2) is 0 Å². The molecule has 1 saturated heterocycles. The van der Waals surface area contributed by atoms with Crippen molar-refractivity contribution in [1.82, 2.24) is 9.80 Å². The maximum absolute atomic E-state index is 11.1. The number of rotatable bonds is 5. The van der Waals surface area contributed by atoms with Gasteiger partial charge in [0, 0.05) is 5.54 Å². The summed E-state index contributed by atoms with van der Waals surface area (Å²) in [7, 11) is 2.10. The van der Waals surface area contributed by atoms with Crippen molar-refractivity contribution in [3.63, 3.8) is 0 Å². The van der Waals surface area contributed by atoms with Gasteiger partial charge in [-0.2, -0.15) is 0 Å². The molecular formula is C12H24N2O2. The molecule has 0 saturated carbocycles. The van der Waals surface area contributed by atoms with Crippen LogP contribution < -0.4 is 0 Å². The molecule has 0 spiro atoms. The summed E-state index contributed by atoms with van der Waals surface area (Å²) in [4.78, 5) is 15.7. The molecule has 1 aliphatic heterocycles. The number of piperidine rings is 1. The first-order valence-corrected chi connectivity index (χ1v) is 6.19. The molecule has 0 aliphatic carbocycles. The predicted molar refractivity (Wildman–Crippen MR) is 64.6 cm³/mol. The van der Waals surface area contributed by atoms with Gasteiger partial charge in [0.2, 0.25) is 0 Å². The first-order chi connectivity index (χ1) is 7.54. The van der Waals surface area contributed by atoms with E-state index < -0.39 is 5.97 Å². The van der Waals surface area contributed by atoms with Crippen molar-refractivity contribution in [1.29, 1.82) is 0 Å². The second kappa shape index (κ2) is 5.64. The smallest absolute Gasteiger partial charge is 0.305 e. The van der Waals surface area contributed by atoms with Crippen LogP contribution in [0.25, 0.3) is 0 Å². The molecule has 0 aromatic rings. The summed E-state index contributed by atoms with van der Waals surface area (Å²) in [6.07, 6.45) is 2.22. The second-order valence-electron chi connectivity index (χ2n) is 4.77. The van der Waals surface area contributed by atoms with Gasteiger partial charge in [-0.05, 0) is 46.1 Å². The molecule has 0 radical (unpaired) electrons. The van der Waals surface area contributed by atoms with Crippen LogP contribution in [0.1, 0.15) is 33.1 Å². The van der Waals surface area contributed by atoms with Crippen molar-refractivity contribution in [2.24, 2.45) is 0 Å². The Hall–Kier alpha value is -0.610. The van der Waals surface area contributed by atoms with Crippen molar-refractivity contribution >= 4 is 5.97 Å². The first-order valence-electron chi connectivity index (χ1n) is 6.19. The van der Waals surface area contributed by atoms with E-state index in [0.717, 1.165) is 39.0 Å². The second-order valence-corrected chi connectivity index (χ2v) is 4.77. The quantitative estimate of drug-likeness (QED) is 0.769. The number of aliphatic carboxylic acids is 1. The van der Waals surface area contributed by atoms with Crippen LogP contribution in [0.5, 0.6) is 0 Å². The van der Waals surface area contributed by atoms with Crippen LogP contribution in [0.15, 0.2) is 0 Å². The third kappa shape index (κ3) is 2.95. The summed E-state index contributed by atoms with van der Waals surface area (Å²) in [5.74, 6) is -0.670. The first kappa shape index (κ1) is 13.5. The van der Waals surface area contributed by atoms with Gasteiger partial charge in [-0.25, -0.2) is 0 Å². The molecule has 16 heavy (non-hydrogen) atoms. The van der Waals surface area contributed by atoms with Crippen molar-refractivity contribution in [2.45, 2.75) is 38.6 Å². The van der Waals surface area contributed by atoms with E-state index in [9.17, 15) is 4.79 Å². The van der Waals surface area contributed by atoms with Gasteiger partial charge in [0.1, 0.15) is 0 Å². The highest BCUT2D eigenvalue weighted by Gasteiger charge is 2.39. The van der Waals surface area contributed by atoms with Crippen LogP contribution in [-0.4, -0.2) is 59.6 Å². The minimum absolute atomic E-state index is 0.109. The normalized spacial score (nSPS) is 21.2. The van der Waals surface area contributed by atoms with Crippen molar-refractivity contribution in [2.75, 3.05) is 33.2 Å². The average molecular weight is 228 g/mol. The van der Waals surface area contributed by atoms with Crippen LogP contribution >= 0.6 is 0 Å². The fourth-order valence-corrected chi connectivity index (χ4v) is 2.82. The van der Waals surface area contributed by atoms with Gasteiger partial charge in [0.25, 0.3) is 0 Å². The molecule has 0 amide bonds. The Bertz CT molecular complexity index is 231. The van der Waals surface area contributed by atoms with Gasteiger partial charge in [-0.3, -0.25) is 9.69 Å². The Balaban J connectivity index is 2.79. The van der Waals surface area contributed by atoms with E-state index in [1.54, 1.807) is 0 Å². The average Bonchev–Trinajstić information content (AvgIpc) is 2.23. The van der Waals surface area contributed by atoms with Crippen LogP contribution in [0, 0.1) is 0 Å². The monoisotopic (exact) mass is 228 g/mol. The Kier molecular flexibility index (Phi) is 4.74. The van der Waals surface area contributed by atoms with Crippen LogP contribution in [0.2, 0.25) is 0 Å². The maximum atomic E-state index is 11.1. The van der Waals surface area contributed by atoms with Gasteiger partial charge >= 0.3 is 5.97 Å². The number of likely N-dealkylation sites (tertiary alicyclic amines) is 1. The highest BCUT2D eigenvalue weighted by atomic mass is 16.4. The lowest BCUT2D eigenvalue weighted by Crippen LogP contribution is -2.55. The van der Waals surface area contributed by atoms with Crippen molar-refractivity contribution < 1.29 is 9.90 Å². The van der Waals surface area contributed by atoms with Gasteiger partial charge in [0.05, 0.1) is 6.42 Å². The SMILES string of the molecule is CCN(CC)C1(CC(=O)O)CCN(C)CC1. The van der Waals surface area contributed by atoms with E-state index in [1.165, 1.54) is 0 Å². The Morgan fingerprint density at radius 1 is 1.31 bits per heavy atom. The molecule has 0 aromatic carbocycles. The Morgan fingerprint density at radius 2 is 1.81 bits per heavy atom. The Morgan fingerprint density at radius 3 is 2.19 bits per heavy atom. The standard InChI is InChI=1S/C12H24N2O2/c1-4-14(5-2)12(10-11(15)16)6-8-13(3)9-7-12/h4-10H2,1-3H3,(H,15,16). The van der Waals surface area contributed by atoms with Gasteiger partial charge < -0.3 is 10.0 Å². The van der Waals surface area contributed by atoms with Gasteiger partial charge in [-0.1, -0.05) is 13.8 Å². The molecule has 0 aromatic heterocycles. The molecule has 1 N–H and O–H groups in total. The zero-order valence-electron chi connectivity index (χ0n) is 10.7. The minimum Gasteiger partial charge on any atom is -0.481 e. The summed E-state index contributed by atoms with van der Waals surface area (Å²) in [5, 5.41) is 9.10. The topological polar surface area (TPSA) is 43.8 Å². The summed E-state index contributed by atoms with van der Waals surface area (Å²) in [6, 6.07) is 0. The summed E-state index contributed by atoms with van der Waals surface area (Å²) >= 11 is 0. The lowest BCUT2D eigenvalue weighted by molar-refractivity contribution is -0.141. The third-order valence-electron chi connectivity index (χ3n) is 3.83. The Labute approximate surface area is 98.2 Å². The molecule has 94 valence electrons. The summed E-state index contributed by atoms with van der Waals surface area (Å²) in [6.45, 7) is 8.12. The molecular weight excluding hydrogens is 204 g/mol. The molecule has 1 heterocycles. The zero-order chi connectivity index (χ0) is 12.2. The molecule has 1 rings (SSSR count).